The van der Waals surface area contributed by atoms with Gasteiger partial charge in [-0.2, -0.15) is 0 Å². The van der Waals surface area contributed by atoms with E-state index >= 15 is 0 Å². The molecule has 0 aliphatic carbocycles. The SMILES string of the molecule is CN=C(NCCCN(C(C)C)C(C)C)NCCc1c(C)noc1C. The van der Waals surface area contributed by atoms with Crippen LogP contribution in [0.5, 0.6) is 0 Å². The van der Waals surface area contributed by atoms with Crippen LogP contribution in [0, 0.1) is 13.8 Å². The van der Waals surface area contributed by atoms with E-state index in [1.807, 2.05) is 13.8 Å². The predicted octanol–water partition coefficient (Wildman–Crippen LogP) is 2.51. The van der Waals surface area contributed by atoms with Crippen molar-refractivity contribution in [3.63, 3.8) is 0 Å². The fourth-order valence-corrected chi connectivity index (χ4v) is 2.97. The summed E-state index contributed by atoms with van der Waals surface area (Å²) in [4.78, 5) is 6.79. The van der Waals surface area contributed by atoms with Gasteiger partial charge in [0.15, 0.2) is 5.96 Å². The number of hydrogen-bond donors (Lipinski definition) is 2. The number of nitrogens with one attached hydrogen (secondary N) is 2. The summed E-state index contributed by atoms with van der Waals surface area (Å²) in [6, 6.07) is 1.16. The lowest BCUT2D eigenvalue weighted by Gasteiger charge is -2.30. The Kier molecular flexibility index (Phi) is 8.82. The van der Waals surface area contributed by atoms with Crippen LogP contribution in [0.25, 0.3) is 0 Å². The molecule has 0 unspecified atom stereocenters. The van der Waals surface area contributed by atoms with E-state index in [0.29, 0.717) is 12.1 Å². The second-order valence-electron chi connectivity index (χ2n) is 6.76. The lowest BCUT2D eigenvalue weighted by molar-refractivity contribution is 0.173. The second-order valence-corrected chi connectivity index (χ2v) is 6.76. The van der Waals surface area contributed by atoms with Crippen LogP contribution in [0.4, 0.5) is 0 Å². The van der Waals surface area contributed by atoms with E-state index in [9.17, 15) is 0 Å². The Morgan fingerprint density at radius 1 is 1.12 bits per heavy atom. The molecule has 6 nitrogen and oxygen atoms in total. The molecular weight excluding hydrogens is 302 g/mol. The van der Waals surface area contributed by atoms with Crippen LogP contribution >= 0.6 is 0 Å². The van der Waals surface area contributed by atoms with Crippen molar-refractivity contribution >= 4 is 5.96 Å². The van der Waals surface area contributed by atoms with Gasteiger partial charge in [0.05, 0.1) is 5.69 Å². The Morgan fingerprint density at radius 2 is 1.75 bits per heavy atom. The summed E-state index contributed by atoms with van der Waals surface area (Å²) in [5.74, 6) is 1.75. The molecule has 0 atom stereocenters. The highest BCUT2D eigenvalue weighted by molar-refractivity contribution is 5.79. The summed E-state index contributed by atoms with van der Waals surface area (Å²) in [6.45, 7) is 15.8. The minimum Gasteiger partial charge on any atom is -0.361 e. The van der Waals surface area contributed by atoms with Gasteiger partial charge in [0.25, 0.3) is 0 Å². The maximum Gasteiger partial charge on any atom is 0.190 e. The van der Waals surface area contributed by atoms with Gasteiger partial charge < -0.3 is 15.2 Å². The summed E-state index contributed by atoms with van der Waals surface area (Å²) in [6.07, 6.45) is 1.98. The monoisotopic (exact) mass is 337 g/mol. The van der Waals surface area contributed by atoms with Crippen molar-refractivity contribution in [3.8, 4) is 0 Å². The van der Waals surface area contributed by atoms with Gasteiger partial charge in [-0.3, -0.25) is 9.89 Å². The molecule has 0 aliphatic rings. The molecule has 1 heterocycles. The number of aromatic nitrogens is 1. The fraction of sp³-hybridized carbons (Fsp3) is 0.778. The molecule has 0 radical (unpaired) electrons. The number of rotatable bonds is 9. The van der Waals surface area contributed by atoms with Gasteiger partial charge in [0, 0.05) is 44.3 Å². The maximum atomic E-state index is 5.19. The van der Waals surface area contributed by atoms with E-state index in [1.54, 1.807) is 7.05 Å². The first kappa shape index (κ1) is 20.5. The zero-order chi connectivity index (χ0) is 18.1. The first-order valence-electron chi connectivity index (χ1n) is 8.98. The van der Waals surface area contributed by atoms with Gasteiger partial charge in [-0.05, 0) is 54.4 Å². The van der Waals surface area contributed by atoms with Gasteiger partial charge >= 0.3 is 0 Å². The molecule has 0 fully saturated rings. The minimum atomic E-state index is 0.581. The number of aryl methyl sites for hydroxylation is 2. The lowest BCUT2D eigenvalue weighted by atomic mass is 10.1. The van der Waals surface area contributed by atoms with Crippen molar-refractivity contribution in [3.05, 3.63) is 17.0 Å². The molecule has 0 saturated heterocycles. The van der Waals surface area contributed by atoms with Gasteiger partial charge in [-0.15, -0.1) is 0 Å². The van der Waals surface area contributed by atoms with Crippen molar-refractivity contribution in [2.75, 3.05) is 26.7 Å². The normalized spacial score (nSPS) is 12.5. The van der Waals surface area contributed by atoms with E-state index in [-0.39, 0.29) is 0 Å². The topological polar surface area (TPSA) is 65.7 Å². The summed E-state index contributed by atoms with van der Waals surface area (Å²) >= 11 is 0. The molecular formula is C18H35N5O. The molecule has 1 rings (SSSR count). The fourth-order valence-electron chi connectivity index (χ4n) is 2.97. The zero-order valence-corrected chi connectivity index (χ0v) is 16.4. The third-order valence-electron chi connectivity index (χ3n) is 4.28. The van der Waals surface area contributed by atoms with Crippen molar-refractivity contribution in [2.45, 2.75) is 66.5 Å². The number of hydrogen-bond acceptors (Lipinski definition) is 4. The average Bonchev–Trinajstić information content (AvgIpc) is 2.83. The molecule has 138 valence electrons. The van der Waals surface area contributed by atoms with Crippen molar-refractivity contribution in [1.29, 1.82) is 0 Å². The van der Waals surface area contributed by atoms with Gasteiger partial charge in [-0.25, -0.2) is 0 Å². The quantitative estimate of drug-likeness (QED) is 0.412. The van der Waals surface area contributed by atoms with Crippen molar-refractivity contribution in [1.82, 2.24) is 20.7 Å². The van der Waals surface area contributed by atoms with Crippen LogP contribution in [0.2, 0.25) is 0 Å². The Balaban J connectivity index is 2.28. The Bertz CT molecular complexity index is 480. The largest absolute Gasteiger partial charge is 0.361 e. The van der Waals surface area contributed by atoms with Crippen LogP contribution in [0.15, 0.2) is 9.52 Å². The van der Waals surface area contributed by atoms with Gasteiger partial charge in [0.2, 0.25) is 0 Å². The second kappa shape index (κ2) is 10.3. The van der Waals surface area contributed by atoms with Crippen LogP contribution in [0.3, 0.4) is 0 Å². The highest BCUT2D eigenvalue weighted by atomic mass is 16.5. The molecule has 6 heteroatoms. The summed E-state index contributed by atoms with van der Waals surface area (Å²) in [5.41, 5.74) is 2.15. The Labute approximate surface area is 147 Å². The highest BCUT2D eigenvalue weighted by Gasteiger charge is 2.12. The number of aliphatic imine (C=N–C) groups is 1. The van der Waals surface area contributed by atoms with E-state index in [1.165, 1.54) is 5.56 Å². The highest BCUT2D eigenvalue weighted by Crippen LogP contribution is 2.12. The molecule has 2 N–H and O–H groups in total. The number of guanidine groups is 1. The molecule has 24 heavy (non-hydrogen) atoms. The molecule has 0 spiro atoms. The van der Waals surface area contributed by atoms with Crippen LogP contribution in [-0.4, -0.2) is 54.8 Å². The molecule has 0 saturated carbocycles. The summed E-state index contributed by atoms with van der Waals surface area (Å²) in [5, 5.41) is 10.7. The maximum absolute atomic E-state index is 5.19. The van der Waals surface area contributed by atoms with E-state index in [0.717, 1.165) is 49.9 Å². The third kappa shape index (κ3) is 6.51. The average molecular weight is 338 g/mol. The molecule has 0 aromatic carbocycles. The molecule has 0 amide bonds. The van der Waals surface area contributed by atoms with Crippen molar-refractivity contribution < 1.29 is 4.52 Å². The van der Waals surface area contributed by atoms with Crippen LogP contribution in [0.1, 0.15) is 51.1 Å². The standard InChI is InChI=1S/C18H35N5O/c1-13(2)23(14(3)4)12-8-10-20-18(19-7)21-11-9-17-15(5)22-24-16(17)6/h13-14H,8-12H2,1-7H3,(H2,19,20,21). The first-order valence-corrected chi connectivity index (χ1v) is 8.98. The Hall–Kier alpha value is -1.56. The smallest absolute Gasteiger partial charge is 0.190 e. The van der Waals surface area contributed by atoms with Crippen LogP contribution < -0.4 is 10.6 Å². The molecule has 0 aliphatic heterocycles. The predicted molar refractivity (Wildman–Crippen MR) is 101 cm³/mol. The first-order chi connectivity index (χ1) is 11.4. The van der Waals surface area contributed by atoms with E-state index in [2.05, 4.69) is 53.4 Å². The lowest BCUT2D eigenvalue weighted by Crippen LogP contribution is -2.41. The third-order valence-corrected chi connectivity index (χ3v) is 4.28. The summed E-state index contributed by atoms with van der Waals surface area (Å²) in [7, 11) is 1.81. The van der Waals surface area contributed by atoms with Gasteiger partial charge in [-0.1, -0.05) is 5.16 Å². The van der Waals surface area contributed by atoms with Gasteiger partial charge in [0.1, 0.15) is 5.76 Å². The Morgan fingerprint density at radius 3 is 2.25 bits per heavy atom. The van der Waals surface area contributed by atoms with Crippen LogP contribution in [-0.2, 0) is 6.42 Å². The molecule has 1 aromatic rings. The number of nitrogens with zero attached hydrogens (tertiary/aromatic N) is 3. The molecule has 0 bridgehead atoms. The summed E-state index contributed by atoms with van der Waals surface area (Å²) < 4.78 is 5.19. The zero-order valence-electron chi connectivity index (χ0n) is 16.4. The van der Waals surface area contributed by atoms with E-state index in [4.69, 9.17) is 4.52 Å². The molecule has 1 aromatic heterocycles. The van der Waals surface area contributed by atoms with Crippen molar-refractivity contribution in [2.24, 2.45) is 4.99 Å². The van der Waals surface area contributed by atoms with E-state index < -0.39 is 0 Å². The minimum absolute atomic E-state index is 0.581.